The molecule has 0 aromatic heterocycles. The van der Waals surface area contributed by atoms with Gasteiger partial charge < -0.3 is 19.9 Å². The van der Waals surface area contributed by atoms with E-state index in [0.717, 1.165) is 24.2 Å². The molecule has 1 amide bonds. The van der Waals surface area contributed by atoms with Gasteiger partial charge in [-0.15, -0.1) is 0 Å². The summed E-state index contributed by atoms with van der Waals surface area (Å²) in [5.41, 5.74) is 1.07. The molecule has 24 heavy (non-hydrogen) atoms. The molecule has 2 aliphatic heterocycles. The maximum Gasteiger partial charge on any atom is 0.234 e. The first-order chi connectivity index (χ1) is 11.7. The van der Waals surface area contributed by atoms with Crippen LogP contribution in [0.2, 0.25) is 0 Å². The molecule has 3 rings (SSSR count). The number of hydrogen-bond donors (Lipinski definition) is 2. The van der Waals surface area contributed by atoms with Crippen molar-refractivity contribution in [2.24, 2.45) is 0 Å². The monoisotopic (exact) mass is 334 g/mol. The third kappa shape index (κ3) is 4.26. The van der Waals surface area contributed by atoms with Gasteiger partial charge in [-0.3, -0.25) is 9.69 Å². The smallest absolute Gasteiger partial charge is 0.234 e. The predicted octanol–water partition coefficient (Wildman–Crippen LogP) is 1.10. The second-order valence-electron chi connectivity index (χ2n) is 6.57. The minimum atomic E-state index is -0.405. The van der Waals surface area contributed by atoms with Gasteiger partial charge in [0.05, 0.1) is 19.8 Å². The Kier molecular flexibility index (Phi) is 5.71. The second kappa shape index (κ2) is 7.96. The summed E-state index contributed by atoms with van der Waals surface area (Å²) in [4.78, 5) is 14.4. The number of amides is 1. The van der Waals surface area contributed by atoms with E-state index in [-0.39, 0.29) is 18.0 Å². The summed E-state index contributed by atoms with van der Waals surface area (Å²) in [5, 5.41) is 13.2. The molecule has 2 heterocycles. The van der Waals surface area contributed by atoms with Crippen LogP contribution in [0.1, 0.15) is 30.9 Å². The molecule has 2 aliphatic rings. The average Bonchev–Trinajstić information content (AvgIpc) is 2.96. The van der Waals surface area contributed by atoms with E-state index in [1.807, 2.05) is 29.2 Å². The molecule has 0 saturated carbocycles. The highest BCUT2D eigenvalue weighted by Crippen LogP contribution is 2.33. The molecule has 2 fully saturated rings. The van der Waals surface area contributed by atoms with Crippen molar-refractivity contribution in [1.29, 1.82) is 0 Å². The topological polar surface area (TPSA) is 71.0 Å². The summed E-state index contributed by atoms with van der Waals surface area (Å²) in [5.74, 6) is 0.810. The van der Waals surface area contributed by atoms with Gasteiger partial charge >= 0.3 is 0 Å². The first-order valence-corrected chi connectivity index (χ1v) is 8.59. The molecular formula is C18H26N2O4. The highest BCUT2D eigenvalue weighted by Gasteiger charge is 2.33. The first-order valence-electron chi connectivity index (χ1n) is 8.59. The van der Waals surface area contributed by atoms with Crippen molar-refractivity contribution in [1.82, 2.24) is 10.2 Å². The molecule has 132 valence electrons. The lowest BCUT2D eigenvalue weighted by Crippen LogP contribution is -2.44. The van der Waals surface area contributed by atoms with Gasteiger partial charge in [0, 0.05) is 31.8 Å². The van der Waals surface area contributed by atoms with Crippen molar-refractivity contribution in [2.75, 3.05) is 33.4 Å². The van der Waals surface area contributed by atoms with Crippen molar-refractivity contribution in [2.45, 2.75) is 37.5 Å². The number of nitrogens with one attached hydrogen (secondary N) is 1. The van der Waals surface area contributed by atoms with Crippen LogP contribution in [-0.4, -0.2) is 61.5 Å². The molecule has 0 radical (unpaired) electrons. The van der Waals surface area contributed by atoms with Gasteiger partial charge in [0.25, 0.3) is 0 Å². The third-order valence-electron chi connectivity index (χ3n) is 4.79. The fraction of sp³-hybridized carbons (Fsp3) is 0.611. The van der Waals surface area contributed by atoms with Crippen LogP contribution in [0.25, 0.3) is 0 Å². The van der Waals surface area contributed by atoms with Crippen LogP contribution in [0.4, 0.5) is 0 Å². The molecule has 0 unspecified atom stereocenters. The molecule has 0 bridgehead atoms. The Bertz CT molecular complexity index is 560. The van der Waals surface area contributed by atoms with Crippen LogP contribution in [0.15, 0.2) is 24.3 Å². The highest BCUT2D eigenvalue weighted by atomic mass is 16.5. The van der Waals surface area contributed by atoms with Gasteiger partial charge in [-0.25, -0.2) is 0 Å². The molecule has 1 aromatic rings. The van der Waals surface area contributed by atoms with Crippen LogP contribution in [0.3, 0.4) is 0 Å². The van der Waals surface area contributed by atoms with Crippen molar-refractivity contribution in [3.63, 3.8) is 0 Å². The molecule has 2 atom stereocenters. The first kappa shape index (κ1) is 17.2. The number of hydrogen-bond acceptors (Lipinski definition) is 5. The maximum absolute atomic E-state index is 12.4. The summed E-state index contributed by atoms with van der Waals surface area (Å²) < 4.78 is 10.6. The lowest BCUT2D eigenvalue weighted by atomic mass is 10.0. The number of carbonyl (C=O) groups is 1. The van der Waals surface area contributed by atoms with E-state index in [2.05, 4.69) is 5.32 Å². The standard InChI is InChI=1S/C18H26N2O4/c1-23-16-4-2-3-13(9-16)17-10-15(21)11-20(17)12-18(22)19-14-5-7-24-8-6-14/h2-4,9,14-15,17,21H,5-8,10-12H2,1H3,(H,19,22)/t15-,17-/m0/s1. The molecule has 6 heteroatoms. The second-order valence-corrected chi connectivity index (χ2v) is 6.57. The SMILES string of the molecule is COc1cccc([C@@H]2C[C@H](O)CN2CC(=O)NC2CCOCC2)c1. The lowest BCUT2D eigenvalue weighted by Gasteiger charge is -2.27. The number of aliphatic hydroxyl groups excluding tert-OH is 1. The highest BCUT2D eigenvalue weighted by molar-refractivity contribution is 5.78. The molecule has 0 aliphatic carbocycles. The lowest BCUT2D eigenvalue weighted by molar-refractivity contribution is -0.123. The predicted molar refractivity (Wildman–Crippen MR) is 89.9 cm³/mol. The summed E-state index contributed by atoms with van der Waals surface area (Å²) in [6.07, 6.45) is 1.97. The summed E-state index contributed by atoms with van der Waals surface area (Å²) in [6, 6.07) is 8.08. The van der Waals surface area contributed by atoms with Crippen LogP contribution in [0, 0.1) is 0 Å². The number of carbonyl (C=O) groups excluding carboxylic acids is 1. The normalized spacial score (nSPS) is 25.6. The number of aliphatic hydroxyl groups is 1. The van der Waals surface area contributed by atoms with Gasteiger partial charge in [-0.05, 0) is 37.0 Å². The third-order valence-corrected chi connectivity index (χ3v) is 4.79. The molecular weight excluding hydrogens is 308 g/mol. The van der Waals surface area contributed by atoms with Crippen molar-refractivity contribution < 1.29 is 19.4 Å². The van der Waals surface area contributed by atoms with E-state index < -0.39 is 6.10 Å². The van der Waals surface area contributed by atoms with Gasteiger partial charge in [0.15, 0.2) is 0 Å². The molecule has 0 spiro atoms. The summed E-state index contributed by atoms with van der Waals surface area (Å²) in [7, 11) is 1.64. The Morgan fingerprint density at radius 2 is 2.21 bits per heavy atom. The number of ether oxygens (including phenoxy) is 2. The molecule has 2 N–H and O–H groups in total. The fourth-order valence-corrected chi connectivity index (χ4v) is 3.55. The van der Waals surface area contributed by atoms with Gasteiger partial charge in [0.1, 0.15) is 5.75 Å². The molecule has 2 saturated heterocycles. The summed E-state index contributed by atoms with van der Waals surface area (Å²) in [6.45, 7) is 2.24. The van der Waals surface area contributed by atoms with Crippen LogP contribution in [-0.2, 0) is 9.53 Å². The van der Waals surface area contributed by atoms with Crippen LogP contribution in [0.5, 0.6) is 5.75 Å². The van der Waals surface area contributed by atoms with Crippen molar-refractivity contribution in [3.8, 4) is 5.75 Å². The van der Waals surface area contributed by atoms with E-state index in [0.29, 0.717) is 32.7 Å². The van der Waals surface area contributed by atoms with Crippen molar-refractivity contribution in [3.05, 3.63) is 29.8 Å². The Labute approximate surface area is 142 Å². The Hall–Kier alpha value is -1.63. The van der Waals surface area contributed by atoms with E-state index in [4.69, 9.17) is 9.47 Å². The van der Waals surface area contributed by atoms with E-state index in [1.54, 1.807) is 7.11 Å². The zero-order chi connectivity index (χ0) is 16.9. The fourth-order valence-electron chi connectivity index (χ4n) is 3.55. The largest absolute Gasteiger partial charge is 0.497 e. The Morgan fingerprint density at radius 1 is 1.42 bits per heavy atom. The number of nitrogens with zero attached hydrogens (tertiary/aromatic N) is 1. The minimum absolute atomic E-state index is 0.0175. The number of benzene rings is 1. The van der Waals surface area contributed by atoms with Crippen LogP contribution < -0.4 is 10.1 Å². The zero-order valence-electron chi connectivity index (χ0n) is 14.1. The molecule has 1 aromatic carbocycles. The minimum Gasteiger partial charge on any atom is -0.497 e. The van der Waals surface area contributed by atoms with E-state index >= 15 is 0 Å². The number of β-amino-alcohol motifs (C(OH)–C–C–N with tert-alkyl or cyclic N) is 1. The van der Waals surface area contributed by atoms with Crippen molar-refractivity contribution >= 4 is 5.91 Å². The number of likely N-dealkylation sites (tertiary alicyclic amines) is 1. The number of methoxy groups -OCH3 is 1. The van der Waals surface area contributed by atoms with E-state index in [9.17, 15) is 9.90 Å². The van der Waals surface area contributed by atoms with Gasteiger partial charge in [-0.2, -0.15) is 0 Å². The average molecular weight is 334 g/mol. The van der Waals surface area contributed by atoms with Gasteiger partial charge in [0.2, 0.25) is 5.91 Å². The Morgan fingerprint density at radius 3 is 2.96 bits per heavy atom. The quantitative estimate of drug-likeness (QED) is 0.844. The van der Waals surface area contributed by atoms with E-state index in [1.165, 1.54) is 0 Å². The van der Waals surface area contributed by atoms with Crippen LogP contribution >= 0.6 is 0 Å². The zero-order valence-corrected chi connectivity index (χ0v) is 14.1. The molecule has 6 nitrogen and oxygen atoms in total. The Balaban J connectivity index is 1.63. The maximum atomic E-state index is 12.4. The number of rotatable bonds is 5. The van der Waals surface area contributed by atoms with Gasteiger partial charge in [-0.1, -0.05) is 12.1 Å². The summed E-state index contributed by atoms with van der Waals surface area (Å²) >= 11 is 0.